The van der Waals surface area contributed by atoms with Gasteiger partial charge in [-0.2, -0.15) is 0 Å². The topological polar surface area (TPSA) is 84.0 Å². The molecule has 0 fully saturated rings. The van der Waals surface area contributed by atoms with E-state index < -0.39 is 0 Å². The molecule has 0 aliphatic rings. The molecule has 0 aliphatic heterocycles. The van der Waals surface area contributed by atoms with Gasteiger partial charge in [-0.3, -0.25) is 4.98 Å². The van der Waals surface area contributed by atoms with Crippen molar-refractivity contribution in [3.63, 3.8) is 0 Å². The molecule has 5 aromatic rings. The number of aryl methyl sites for hydroxylation is 1. The molecule has 0 spiro atoms. The predicted molar refractivity (Wildman–Crippen MR) is 165 cm³/mol. The summed E-state index contributed by atoms with van der Waals surface area (Å²) in [5.41, 5.74) is 4.39. The first kappa shape index (κ1) is 27.3. The minimum atomic E-state index is 0.341. The third-order valence-electron chi connectivity index (χ3n) is 7.04. The minimum Gasteiger partial charge on any atom is -0.493 e. The van der Waals surface area contributed by atoms with Gasteiger partial charge in [0, 0.05) is 47.9 Å². The number of nitrogens with one attached hydrogen (secondary N) is 3. The van der Waals surface area contributed by atoms with Gasteiger partial charge in [-0.25, -0.2) is 9.97 Å². The first-order chi connectivity index (χ1) is 19.8. The van der Waals surface area contributed by atoms with Gasteiger partial charge in [0.25, 0.3) is 0 Å². The SMILES string of the molecule is CCC(CNCCCOc1ccc2c(NCCCc3ccccc3)ncnc2c1)Nc1ccnc2ccccc12. The number of fused-ring (bicyclic) bond motifs is 2. The zero-order chi connectivity index (χ0) is 27.4. The molecule has 1 unspecified atom stereocenters. The van der Waals surface area contributed by atoms with Crippen molar-refractivity contribution in [2.24, 2.45) is 0 Å². The second-order valence-electron chi connectivity index (χ2n) is 9.95. The van der Waals surface area contributed by atoms with Gasteiger partial charge >= 0.3 is 0 Å². The van der Waals surface area contributed by atoms with Gasteiger partial charge in [0.05, 0.1) is 17.6 Å². The normalized spacial score (nSPS) is 11.9. The smallest absolute Gasteiger partial charge is 0.137 e. The van der Waals surface area contributed by atoms with E-state index in [1.54, 1.807) is 6.33 Å². The number of aromatic nitrogens is 3. The molecule has 0 aliphatic carbocycles. The summed E-state index contributed by atoms with van der Waals surface area (Å²) < 4.78 is 6.04. The molecule has 40 heavy (non-hydrogen) atoms. The van der Waals surface area contributed by atoms with Crippen LogP contribution in [-0.4, -0.2) is 47.2 Å². The van der Waals surface area contributed by atoms with E-state index in [0.717, 1.165) is 84.4 Å². The van der Waals surface area contributed by atoms with Crippen LogP contribution in [0.4, 0.5) is 11.5 Å². The predicted octanol–water partition coefficient (Wildman–Crippen LogP) is 6.47. The molecule has 3 N–H and O–H groups in total. The quantitative estimate of drug-likeness (QED) is 0.133. The zero-order valence-corrected chi connectivity index (χ0v) is 23.1. The fourth-order valence-corrected chi connectivity index (χ4v) is 4.81. The lowest BCUT2D eigenvalue weighted by atomic mass is 10.1. The highest BCUT2D eigenvalue weighted by molar-refractivity contribution is 5.91. The van der Waals surface area contributed by atoms with Crippen molar-refractivity contribution in [1.29, 1.82) is 0 Å². The fourth-order valence-electron chi connectivity index (χ4n) is 4.81. The molecular weight excluding hydrogens is 496 g/mol. The van der Waals surface area contributed by atoms with Crippen LogP contribution in [0.5, 0.6) is 5.75 Å². The van der Waals surface area contributed by atoms with E-state index in [-0.39, 0.29) is 0 Å². The molecule has 7 heteroatoms. The highest BCUT2D eigenvalue weighted by Crippen LogP contribution is 2.24. The Bertz CT molecular complexity index is 1490. The largest absolute Gasteiger partial charge is 0.493 e. The second kappa shape index (κ2) is 14.2. The number of rotatable bonds is 15. The second-order valence-corrected chi connectivity index (χ2v) is 9.95. The molecule has 0 saturated carbocycles. The maximum Gasteiger partial charge on any atom is 0.137 e. The first-order valence-corrected chi connectivity index (χ1v) is 14.3. The molecular formula is C33H38N6O. The molecule has 0 saturated heterocycles. The van der Waals surface area contributed by atoms with E-state index in [9.17, 15) is 0 Å². The molecule has 7 nitrogen and oxygen atoms in total. The summed E-state index contributed by atoms with van der Waals surface area (Å²) in [7, 11) is 0. The lowest BCUT2D eigenvalue weighted by Gasteiger charge is -2.20. The number of anilines is 2. The summed E-state index contributed by atoms with van der Waals surface area (Å²) in [4.78, 5) is 13.4. The number of nitrogens with zero attached hydrogens (tertiary/aromatic N) is 3. The van der Waals surface area contributed by atoms with Crippen molar-refractivity contribution in [2.75, 3.05) is 36.9 Å². The van der Waals surface area contributed by atoms with Gasteiger partial charge in [0.1, 0.15) is 17.9 Å². The molecule has 5 rings (SSSR count). The van der Waals surface area contributed by atoms with Crippen molar-refractivity contribution < 1.29 is 4.74 Å². The molecule has 0 radical (unpaired) electrons. The number of benzene rings is 3. The third-order valence-corrected chi connectivity index (χ3v) is 7.04. The standard InChI is InChI=1S/C33H38N6O/c1-2-26(39-31-17-20-35-30-14-7-6-13-28(30)31)23-34-18-9-21-40-27-15-16-29-32(22-27)37-24-38-33(29)36-19-8-12-25-10-4-3-5-11-25/h3-7,10-11,13-17,20,22,24,26,34H,2,8-9,12,18-19,21,23H2,1H3,(H,35,39)(H,36,37,38). The Kier molecular flexibility index (Phi) is 9.73. The van der Waals surface area contributed by atoms with Crippen LogP contribution in [0.25, 0.3) is 21.8 Å². The average Bonchev–Trinajstić information content (AvgIpc) is 3.01. The highest BCUT2D eigenvalue weighted by atomic mass is 16.5. The van der Waals surface area contributed by atoms with Crippen LogP contribution in [0.2, 0.25) is 0 Å². The van der Waals surface area contributed by atoms with Crippen LogP contribution in [0.15, 0.2) is 91.4 Å². The minimum absolute atomic E-state index is 0.341. The number of pyridine rings is 1. The first-order valence-electron chi connectivity index (χ1n) is 14.3. The Labute approximate surface area is 236 Å². The molecule has 1 atom stereocenters. The Morgan fingerprint density at radius 2 is 1.68 bits per heavy atom. The number of para-hydroxylation sites is 1. The third kappa shape index (κ3) is 7.45. The molecule has 0 bridgehead atoms. The van der Waals surface area contributed by atoms with Crippen molar-refractivity contribution in [1.82, 2.24) is 20.3 Å². The molecule has 2 heterocycles. The van der Waals surface area contributed by atoms with Gasteiger partial charge < -0.3 is 20.7 Å². The van der Waals surface area contributed by atoms with Crippen LogP contribution in [0, 0.1) is 0 Å². The van der Waals surface area contributed by atoms with Crippen molar-refractivity contribution >= 4 is 33.3 Å². The summed E-state index contributed by atoms with van der Waals surface area (Å²) in [5, 5.41) is 12.9. The lowest BCUT2D eigenvalue weighted by molar-refractivity contribution is 0.308. The van der Waals surface area contributed by atoms with Gasteiger partial charge in [-0.1, -0.05) is 55.5 Å². The van der Waals surface area contributed by atoms with Gasteiger partial charge in [-0.15, -0.1) is 0 Å². The van der Waals surface area contributed by atoms with E-state index in [0.29, 0.717) is 12.6 Å². The molecule has 206 valence electrons. The van der Waals surface area contributed by atoms with Crippen LogP contribution in [0.1, 0.15) is 31.7 Å². The molecule has 0 amide bonds. The zero-order valence-electron chi connectivity index (χ0n) is 23.1. The number of hydrogen-bond acceptors (Lipinski definition) is 7. The van der Waals surface area contributed by atoms with Crippen LogP contribution >= 0.6 is 0 Å². The Morgan fingerprint density at radius 3 is 2.58 bits per heavy atom. The van der Waals surface area contributed by atoms with Gasteiger partial charge in [0.15, 0.2) is 0 Å². The van der Waals surface area contributed by atoms with Gasteiger partial charge in [-0.05, 0) is 62.1 Å². The van der Waals surface area contributed by atoms with E-state index in [1.807, 2.05) is 36.5 Å². The van der Waals surface area contributed by atoms with E-state index in [2.05, 4.69) is 86.4 Å². The van der Waals surface area contributed by atoms with Crippen molar-refractivity contribution in [3.8, 4) is 5.75 Å². The maximum absolute atomic E-state index is 6.04. The summed E-state index contributed by atoms with van der Waals surface area (Å²) in [6, 6.07) is 27.2. The van der Waals surface area contributed by atoms with E-state index >= 15 is 0 Å². The van der Waals surface area contributed by atoms with Crippen molar-refractivity contribution in [2.45, 2.75) is 38.6 Å². The Hall–Kier alpha value is -4.23. The monoisotopic (exact) mass is 534 g/mol. The highest BCUT2D eigenvalue weighted by Gasteiger charge is 2.09. The average molecular weight is 535 g/mol. The Balaban J connectivity index is 1.04. The Morgan fingerprint density at radius 1 is 0.800 bits per heavy atom. The molecule has 3 aromatic carbocycles. The van der Waals surface area contributed by atoms with Gasteiger partial charge in [0.2, 0.25) is 0 Å². The van der Waals surface area contributed by atoms with Crippen LogP contribution in [-0.2, 0) is 6.42 Å². The molecule has 2 aromatic heterocycles. The number of hydrogen-bond donors (Lipinski definition) is 3. The van der Waals surface area contributed by atoms with E-state index in [4.69, 9.17) is 4.74 Å². The fraction of sp³-hybridized carbons (Fsp3) is 0.303. The maximum atomic E-state index is 6.04. The summed E-state index contributed by atoms with van der Waals surface area (Å²) in [5.74, 6) is 1.70. The van der Waals surface area contributed by atoms with Crippen LogP contribution in [0.3, 0.4) is 0 Å². The van der Waals surface area contributed by atoms with Crippen molar-refractivity contribution in [3.05, 3.63) is 97.0 Å². The summed E-state index contributed by atoms with van der Waals surface area (Å²) in [6.45, 7) is 5.50. The number of ether oxygens (including phenoxy) is 1. The lowest BCUT2D eigenvalue weighted by Crippen LogP contribution is -2.33. The summed E-state index contributed by atoms with van der Waals surface area (Å²) in [6.07, 6.45) is 7.52. The van der Waals surface area contributed by atoms with E-state index in [1.165, 1.54) is 5.56 Å². The summed E-state index contributed by atoms with van der Waals surface area (Å²) >= 11 is 0. The van der Waals surface area contributed by atoms with Crippen LogP contribution < -0.4 is 20.7 Å².